The first-order valence-corrected chi connectivity index (χ1v) is 9.87. The van der Waals surface area contributed by atoms with Crippen molar-refractivity contribution in [2.45, 2.75) is 65.1 Å². The average molecular weight is 371 g/mol. The molecule has 1 aliphatic carbocycles. The molecule has 1 aromatic carbocycles. The van der Waals surface area contributed by atoms with Gasteiger partial charge in [-0.25, -0.2) is 9.69 Å². The van der Waals surface area contributed by atoms with Crippen LogP contribution in [0.4, 0.5) is 4.79 Å². The van der Waals surface area contributed by atoms with Crippen LogP contribution in [0.2, 0.25) is 0 Å². The summed E-state index contributed by atoms with van der Waals surface area (Å²) in [5, 5.41) is 0. The zero-order valence-electron chi connectivity index (χ0n) is 16.4. The number of nitrogens with zero attached hydrogens (tertiary/aromatic N) is 3. The van der Waals surface area contributed by atoms with Crippen molar-refractivity contribution in [2.75, 3.05) is 6.67 Å². The summed E-state index contributed by atoms with van der Waals surface area (Å²) in [5.41, 5.74) is 1.11. The summed E-state index contributed by atoms with van der Waals surface area (Å²) in [6.45, 7) is 6.86. The van der Waals surface area contributed by atoms with E-state index in [2.05, 4.69) is 6.92 Å². The van der Waals surface area contributed by atoms with Gasteiger partial charge in [0.05, 0.1) is 6.67 Å². The number of amides is 4. The second-order valence-corrected chi connectivity index (χ2v) is 7.99. The van der Waals surface area contributed by atoms with E-state index < -0.39 is 17.8 Å². The fourth-order valence-electron chi connectivity index (χ4n) is 4.02. The van der Waals surface area contributed by atoms with Crippen LogP contribution in [-0.2, 0) is 16.1 Å². The summed E-state index contributed by atoms with van der Waals surface area (Å²) in [7, 11) is 0. The van der Waals surface area contributed by atoms with Crippen LogP contribution in [-0.4, -0.2) is 51.3 Å². The van der Waals surface area contributed by atoms with E-state index in [1.54, 1.807) is 0 Å². The minimum Gasteiger partial charge on any atom is -0.279 e. The first kappa shape index (κ1) is 19.5. The number of imide groups is 2. The molecule has 2 aliphatic rings. The molecule has 6 heteroatoms. The third-order valence-electron chi connectivity index (χ3n) is 5.76. The van der Waals surface area contributed by atoms with Crippen LogP contribution >= 0.6 is 0 Å². The van der Waals surface area contributed by atoms with E-state index in [4.69, 9.17) is 0 Å². The highest BCUT2D eigenvalue weighted by Gasteiger charge is 2.49. The molecule has 0 N–H and O–H groups in total. The van der Waals surface area contributed by atoms with E-state index in [0.717, 1.165) is 36.1 Å². The Hall–Kier alpha value is -2.21. The molecule has 0 radical (unpaired) electrons. The van der Waals surface area contributed by atoms with Crippen molar-refractivity contribution in [1.82, 2.24) is 14.7 Å². The number of rotatable bonds is 6. The molecule has 1 saturated carbocycles. The topological polar surface area (TPSA) is 60.9 Å². The van der Waals surface area contributed by atoms with Gasteiger partial charge in [-0.05, 0) is 38.2 Å². The summed E-state index contributed by atoms with van der Waals surface area (Å²) in [6, 6.07) is 9.44. The number of carbonyl (C=O) groups excluding carboxylic acids is 3. The summed E-state index contributed by atoms with van der Waals surface area (Å²) >= 11 is 0. The van der Waals surface area contributed by atoms with Gasteiger partial charge in [-0.2, -0.15) is 0 Å². The molecule has 4 amide bonds. The van der Waals surface area contributed by atoms with Crippen LogP contribution in [0.15, 0.2) is 30.3 Å². The normalized spacial score (nSPS) is 23.8. The second-order valence-electron chi connectivity index (χ2n) is 7.99. The maximum absolute atomic E-state index is 13.0. The van der Waals surface area contributed by atoms with Crippen LogP contribution < -0.4 is 0 Å². The maximum atomic E-state index is 13.0. The van der Waals surface area contributed by atoms with Crippen molar-refractivity contribution in [3.63, 3.8) is 0 Å². The Morgan fingerprint density at radius 2 is 1.70 bits per heavy atom. The fourth-order valence-corrected chi connectivity index (χ4v) is 4.02. The van der Waals surface area contributed by atoms with Gasteiger partial charge in [0.1, 0.15) is 0 Å². The molecule has 146 valence electrons. The minimum atomic E-state index is -0.698. The van der Waals surface area contributed by atoms with Gasteiger partial charge >= 0.3 is 17.8 Å². The zero-order chi connectivity index (χ0) is 19.6. The standard InChI is InChI=1S/C21H29N3O3/c1-15(2)22(13-17-10-5-4-6-11-17)14-23-19(25)20(26)24(21(23)27)18-12-8-7-9-16(18)3/h4-6,10-11,15-16,18H,7-9,12-14H2,1-3H3/t16-,18+/m1/s1. The molecule has 1 aromatic rings. The molecule has 0 spiro atoms. The van der Waals surface area contributed by atoms with E-state index in [0.29, 0.717) is 6.54 Å². The smallest absolute Gasteiger partial charge is 0.279 e. The molecular formula is C21H29N3O3. The summed E-state index contributed by atoms with van der Waals surface area (Å²) in [5.74, 6) is -1.12. The predicted octanol–water partition coefficient (Wildman–Crippen LogP) is 3.22. The lowest BCUT2D eigenvalue weighted by molar-refractivity contribution is -0.145. The summed E-state index contributed by atoms with van der Waals surface area (Å²) < 4.78 is 0. The van der Waals surface area contributed by atoms with Crippen molar-refractivity contribution < 1.29 is 14.4 Å². The van der Waals surface area contributed by atoms with Crippen LogP contribution in [0.25, 0.3) is 0 Å². The number of hydrogen-bond acceptors (Lipinski definition) is 4. The average Bonchev–Trinajstić information content (AvgIpc) is 2.86. The van der Waals surface area contributed by atoms with Crippen molar-refractivity contribution in [3.8, 4) is 0 Å². The Labute approximate surface area is 161 Å². The minimum absolute atomic E-state index is 0.128. The van der Waals surface area contributed by atoms with Gasteiger partial charge in [-0.3, -0.25) is 19.4 Å². The molecule has 0 unspecified atom stereocenters. The Morgan fingerprint density at radius 3 is 2.33 bits per heavy atom. The molecule has 1 saturated heterocycles. The van der Waals surface area contributed by atoms with E-state index in [1.165, 1.54) is 4.90 Å². The number of urea groups is 1. The van der Waals surface area contributed by atoms with Gasteiger partial charge in [-0.15, -0.1) is 0 Å². The van der Waals surface area contributed by atoms with E-state index in [1.807, 2.05) is 49.1 Å². The number of hydrogen-bond donors (Lipinski definition) is 0. The van der Waals surface area contributed by atoms with Crippen molar-refractivity contribution in [2.24, 2.45) is 5.92 Å². The molecular weight excluding hydrogens is 342 g/mol. The number of carbonyl (C=O) groups is 3. The summed E-state index contributed by atoms with van der Waals surface area (Å²) in [6.07, 6.45) is 3.88. The molecule has 2 fully saturated rings. The van der Waals surface area contributed by atoms with E-state index >= 15 is 0 Å². The first-order valence-electron chi connectivity index (χ1n) is 9.87. The van der Waals surface area contributed by atoms with Crippen LogP contribution in [0, 0.1) is 5.92 Å². The molecule has 6 nitrogen and oxygen atoms in total. The highest BCUT2D eigenvalue weighted by Crippen LogP contribution is 2.31. The molecule has 1 heterocycles. The highest BCUT2D eigenvalue weighted by atomic mass is 16.2. The van der Waals surface area contributed by atoms with Gasteiger partial charge in [0.15, 0.2) is 0 Å². The molecule has 2 atom stereocenters. The zero-order valence-corrected chi connectivity index (χ0v) is 16.4. The second kappa shape index (κ2) is 8.21. The Morgan fingerprint density at radius 1 is 1.04 bits per heavy atom. The Bertz CT molecular complexity index is 704. The van der Waals surface area contributed by atoms with Crippen molar-refractivity contribution in [1.29, 1.82) is 0 Å². The number of benzene rings is 1. The fraction of sp³-hybridized carbons (Fsp3) is 0.571. The Balaban J connectivity index is 1.75. The molecule has 3 rings (SSSR count). The van der Waals surface area contributed by atoms with Crippen LogP contribution in [0.5, 0.6) is 0 Å². The van der Waals surface area contributed by atoms with Gasteiger partial charge in [0.2, 0.25) is 0 Å². The highest BCUT2D eigenvalue weighted by molar-refractivity contribution is 6.44. The van der Waals surface area contributed by atoms with Crippen LogP contribution in [0.1, 0.15) is 52.0 Å². The third kappa shape index (κ3) is 4.05. The largest absolute Gasteiger partial charge is 0.335 e. The van der Waals surface area contributed by atoms with Gasteiger partial charge in [-0.1, -0.05) is 50.1 Å². The first-order chi connectivity index (χ1) is 12.9. The SMILES string of the molecule is CC(C)N(Cc1ccccc1)CN1C(=O)C(=O)N([C@H]2CCCC[C@H]2C)C1=O. The van der Waals surface area contributed by atoms with Crippen molar-refractivity contribution >= 4 is 17.8 Å². The van der Waals surface area contributed by atoms with Gasteiger partial charge in [0, 0.05) is 18.6 Å². The van der Waals surface area contributed by atoms with Gasteiger partial charge in [0.25, 0.3) is 0 Å². The van der Waals surface area contributed by atoms with Crippen LogP contribution in [0.3, 0.4) is 0 Å². The quantitative estimate of drug-likeness (QED) is 0.569. The maximum Gasteiger partial charge on any atom is 0.335 e. The summed E-state index contributed by atoms with van der Waals surface area (Å²) in [4.78, 5) is 42.5. The molecule has 0 aromatic heterocycles. The monoisotopic (exact) mass is 371 g/mol. The van der Waals surface area contributed by atoms with Gasteiger partial charge < -0.3 is 0 Å². The predicted molar refractivity (Wildman–Crippen MR) is 102 cm³/mol. The van der Waals surface area contributed by atoms with E-state index in [9.17, 15) is 14.4 Å². The molecule has 27 heavy (non-hydrogen) atoms. The lowest BCUT2D eigenvalue weighted by Gasteiger charge is -2.34. The van der Waals surface area contributed by atoms with E-state index in [-0.39, 0.29) is 24.7 Å². The molecule has 0 bridgehead atoms. The molecule has 1 aliphatic heterocycles. The lowest BCUT2D eigenvalue weighted by Crippen LogP contribution is -2.48. The van der Waals surface area contributed by atoms with Crippen molar-refractivity contribution in [3.05, 3.63) is 35.9 Å². The Kier molecular flexibility index (Phi) is 5.95. The lowest BCUT2D eigenvalue weighted by atomic mass is 9.85. The third-order valence-corrected chi connectivity index (χ3v) is 5.76.